The predicted molar refractivity (Wildman–Crippen MR) is 60.3 cm³/mol. The number of rotatable bonds is 2. The lowest BCUT2D eigenvalue weighted by molar-refractivity contribution is -0.139. The van der Waals surface area contributed by atoms with E-state index in [2.05, 4.69) is 9.72 Å². The minimum Gasteiger partial charge on any atom is -0.469 e. The van der Waals surface area contributed by atoms with Gasteiger partial charge in [0.15, 0.2) is 0 Å². The lowest BCUT2D eigenvalue weighted by Gasteiger charge is -1.98. The van der Waals surface area contributed by atoms with Crippen LogP contribution in [0.4, 0.5) is 5.82 Å². The van der Waals surface area contributed by atoms with Gasteiger partial charge in [-0.15, -0.1) is 0 Å². The fourth-order valence-corrected chi connectivity index (χ4v) is 1.59. The zero-order chi connectivity index (χ0) is 11.7. The summed E-state index contributed by atoms with van der Waals surface area (Å²) in [6, 6.07) is 3.45. The number of nitrogens with two attached hydrogens (primary N) is 1. The molecule has 0 amide bonds. The van der Waals surface area contributed by atoms with Crippen molar-refractivity contribution in [2.45, 2.75) is 6.42 Å². The Morgan fingerprint density at radius 3 is 3.06 bits per heavy atom. The highest BCUT2D eigenvalue weighted by Crippen LogP contribution is 2.18. The number of hydrogen-bond donors (Lipinski definition) is 1. The molecule has 0 aromatic carbocycles. The number of fused-ring (bicyclic) bond motifs is 1. The van der Waals surface area contributed by atoms with Crippen LogP contribution in [0.2, 0.25) is 5.02 Å². The highest BCUT2D eigenvalue weighted by molar-refractivity contribution is 6.30. The SMILES string of the molecule is COC(=O)Cc1nc2ccc(Cl)cn2c1N. The number of carbonyl (C=O) groups excluding carboxylic acids is 1. The quantitative estimate of drug-likeness (QED) is 0.802. The molecule has 0 aliphatic heterocycles. The summed E-state index contributed by atoms with van der Waals surface area (Å²) in [5, 5.41) is 0.557. The third kappa shape index (κ3) is 1.81. The van der Waals surface area contributed by atoms with Crippen LogP contribution in [0.5, 0.6) is 0 Å². The van der Waals surface area contributed by atoms with Gasteiger partial charge < -0.3 is 10.5 Å². The summed E-state index contributed by atoms with van der Waals surface area (Å²) >= 11 is 5.84. The summed E-state index contributed by atoms with van der Waals surface area (Å²) in [7, 11) is 1.32. The van der Waals surface area contributed by atoms with E-state index in [4.69, 9.17) is 17.3 Å². The number of pyridine rings is 1. The molecule has 0 aliphatic rings. The van der Waals surface area contributed by atoms with Crippen molar-refractivity contribution >= 4 is 29.0 Å². The number of halogens is 1. The summed E-state index contributed by atoms with van der Waals surface area (Å²) in [4.78, 5) is 15.3. The van der Waals surface area contributed by atoms with E-state index in [1.54, 1.807) is 22.7 Å². The van der Waals surface area contributed by atoms with Crippen molar-refractivity contribution in [1.82, 2.24) is 9.38 Å². The fraction of sp³-hybridized carbons (Fsp3) is 0.200. The molecule has 0 spiro atoms. The Labute approximate surface area is 96.8 Å². The second-order valence-corrected chi connectivity index (χ2v) is 3.71. The van der Waals surface area contributed by atoms with Gasteiger partial charge in [-0.05, 0) is 12.1 Å². The average Bonchev–Trinajstić information content (AvgIpc) is 2.56. The predicted octanol–water partition coefficient (Wildman–Crippen LogP) is 1.29. The Bertz CT molecular complexity index is 550. The van der Waals surface area contributed by atoms with E-state index in [9.17, 15) is 4.79 Å². The average molecular weight is 240 g/mol. The van der Waals surface area contributed by atoms with Gasteiger partial charge in [-0.2, -0.15) is 0 Å². The first-order chi connectivity index (χ1) is 7.61. The van der Waals surface area contributed by atoms with E-state index in [1.807, 2.05) is 0 Å². The molecule has 2 aromatic rings. The first-order valence-electron chi connectivity index (χ1n) is 4.60. The Kier molecular flexibility index (Phi) is 2.70. The second-order valence-electron chi connectivity index (χ2n) is 3.27. The zero-order valence-corrected chi connectivity index (χ0v) is 9.36. The van der Waals surface area contributed by atoms with E-state index in [0.29, 0.717) is 22.2 Å². The maximum atomic E-state index is 11.1. The van der Waals surface area contributed by atoms with Crippen LogP contribution in [0.25, 0.3) is 5.65 Å². The van der Waals surface area contributed by atoms with Crippen LogP contribution in [-0.4, -0.2) is 22.5 Å². The van der Waals surface area contributed by atoms with Crippen LogP contribution < -0.4 is 5.73 Å². The molecule has 0 saturated heterocycles. The normalized spacial score (nSPS) is 10.6. The molecule has 16 heavy (non-hydrogen) atoms. The first kappa shape index (κ1) is 10.8. The Morgan fingerprint density at radius 1 is 1.62 bits per heavy atom. The van der Waals surface area contributed by atoms with Crippen LogP contribution in [0.15, 0.2) is 18.3 Å². The molecule has 0 unspecified atom stereocenters. The van der Waals surface area contributed by atoms with E-state index >= 15 is 0 Å². The smallest absolute Gasteiger partial charge is 0.311 e. The Hall–Kier alpha value is -1.75. The molecule has 2 rings (SSSR count). The molecular weight excluding hydrogens is 230 g/mol. The molecular formula is C10H10ClN3O2. The third-order valence-electron chi connectivity index (χ3n) is 2.24. The lowest BCUT2D eigenvalue weighted by atomic mass is 10.3. The molecule has 0 fully saturated rings. The van der Waals surface area contributed by atoms with Crippen LogP contribution in [0.3, 0.4) is 0 Å². The molecule has 0 aliphatic carbocycles. The zero-order valence-electron chi connectivity index (χ0n) is 8.61. The topological polar surface area (TPSA) is 69.6 Å². The third-order valence-corrected chi connectivity index (χ3v) is 2.46. The Balaban J connectivity index is 2.48. The van der Waals surface area contributed by atoms with Crippen molar-refractivity contribution in [2.75, 3.05) is 12.8 Å². The Morgan fingerprint density at radius 2 is 2.38 bits per heavy atom. The van der Waals surface area contributed by atoms with Crippen LogP contribution in [-0.2, 0) is 16.0 Å². The number of nitrogen functional groups attached to an aromatic ring is 1. The first-order valence-corrected chi connectivity index (χ1v) is 4.98. The number of aromatic nitrogens is 2. The number of carbonyl (C=O) groups is 1. The minimum atomic E-state index is -0.374. The molecule has 6 heteroatoms. The van der Waals surface area contributed by atoms with Gasteiger partial charge in [0, 0.05) is 6.20 Å². The molecule has 2 N–H and O–H groups in total. The maximum Gasteiger partial charge on any atom is 0.311 e. The van der Waals surface area contributed by atoms with Crippen LogP contribution >= 0.6 is 11.6 Å². The summed E-state index contributed by atoms with van der Waals surface area (Å²) in [5.41, 5.74) is 6.99. The van der Waals surface area contributed by atoms with Crippen molar-refractivity contribution in [3.63, 3.8) is 0 Å². The second kappa shape index (κ2) is 4.02. The number of anilines is 1. The lowest BCUT2D eigenvalue weighted by Crippen LogP contribution is -2.07. The molecule has 0 radical (unpaired) electrons. The van der Waals surface area contributed by atoms with Gasteiger partial charge in [-0.1, -0.05) is 11.6 Å². The molecule has 5 nitrogen and oxygen atoms in total. The van der Waals surface area contributed by atoms with Crippen molar-refractivity contribution in [2.24, 2.45) is 0 Å². The highest BCUT2D eigenvalue weighted by atomic mass is 35.5. The monoisotopic (exact) mass is 239 g/mol. The van der Waals surface area contributed by atoms with Gasteiger partial charge in [0.05, 0.1) is 24.2 Å². The van der Waals surface area contributed by atoms with Gasteiger partial charge in [-0.3, -0.25) is 9.20 Å². The number of nitrogens with zero attached hydrogens (tertiary/aromatic N) is 2. The van der Waals surface area contributed by atoms with Crippen molar-refractivity contribution in [1.29, 1.82) is 0 Å². The number of ether oxygens (including phenoxy) is 1. The maximum absolute atomic E-state index is 11.1. The summed E-state index contributed by atoms with van der Waals surface area (Å²) in [6.07, 6.45) is 1.71. The van der Waals surface area contributed by atoms with E-state index in [0.717, 1.165) is 0 Å². The van der Waals surface area contributed by atoms with Gasteiger partial charge in [0.25, 0.3) is 0 Å². The molecule has 84 valence electrons. The standard InChI is InChI=1S/C10H10ClN3O2/c1-16-9(15)4-7-10(12)14-5-6(11)2-3-8(14)13-7/h2-3,5H,4,12H2,1H3. The molecule has 2 aromatic heterocycles. The number of hydrogen-bond acceptors (Lipinski definition) is 4. The number of esters is 1. The fourth-order valence-electron chi connectivity index (χ4n) is 1.42. The molecule has 2 heterocycles. The van der Waals surface area contributed by atoms with Gasteiger partial charge in [-0.25, -0.2) is 4.98 Å². The van der Waals surface area contributed by atoms with E-state index in [-0.39, 0.29) is 12.4 Å². The van der Waals surface area contributed by atoms with E-state index < -0.39 is 0 Å². The van der Waals surface area contributed by atoms with Gasteiger partial charge in [0.1, 0.15) is 11.5 Å². The summed E-state index contributed by atoms with van der Waals surface area (Å²) in [5.74, 6) is 0.0316. The van der Waals surface area contributed by atoms with Gasteiger partial charge in [0.2, 0.25) is 0 Å². The molecule has 0 bridgehead atoms. The highest BCUT2D eigenvalue weighted by Gasteiger charge is 2.13. The van der Waals surface area contributed by atoms with Crippen molar-refractivity contribution in [3.8, 4) is 0 Å². The summed E-state index contributed by atoms with van der Waals surface area (Å²) in [6.45, 7) is 0. The minimum absolute atomic E-state index is 0.0572. The van der Waals surface area contributed by atoms with Crippen LogP contribution in [0, 0.1) is 0 Å². The largest absolute Gasteiger partial charge is 0.469 e. The van der Waals surface area contributed by atoms with Crippen LogP contribution in [0.1, 0.15) is 5.69 Å². The van der Waals surface area contributed by atoms with E-state index in [1.165, 1.54) is 7.11 Å². The van der Waals surface area contributed by atoms with Crippen molar-refractivity contribution < 1.29 is 9.53 Å². The number of imidazole rings is 1. The van der Waals surface area contributed by atoms with Crippen molar-refractivity contribution in [3.05, 3.63) is 29.0 Å². The summed E-state index contributed by atoms with van der Waals surface area (Å²) < 4.78 is 6.20. The molecule has 0 atom stereocenters. The number of methoxy groups -OCH3 is 1. The molecule has 0 saturated carbocycles. The van der Waals surface area contributed by atoms with Gasteiger partial charge >= 0.3 is 5.97 Å².